The smallest absolute Gasteiger partial charge is 0.261 e. The van der Waals surface area contributed by atoms with E-state index in [0.717, 1.165) is 31.2 Å². The number of halogens is 1. The van der Waals surface area contributed by atoms with Gasteiger partial charge in [-0.3, -0.25) is 9.36 Å². The average Bonchev–Trinajstić information content (AvgIpc) is 3.00. The number of aliphatic hydroxyl groups is 1. The highest BCUT2D eigenvalue weighted by molar-refractivity contribution is 5.96. The molecular weight excluding hydrogens is 571 g/mol. The number of fused-ring (bicyclic) bond motifs is 3. The molecule has 0 amide bonds. The molecule has 0 unspecified atom stereocenters. The molecule has 10 heteroatoms. The topological polar surface area (TPSA) is 104 Å². The number of aliphatic hydroxyl groups excluding tert-OH is 1. The van der Waals surface area contributed by atoms with Crippen LogP contribution < -0.4 is 20.9 Å². The van der Waals surface area contributed by atoms with Crippen LogP contribution in [0.25, 0.3) is 10.9 Å². The molecular formula is C35H47FN6O3. The highest BCUT2D eigenvalue weighted by Gasteiger charge is 2.56. The number of nitrogens with zero attached hydrogens (tertiary/aromatic N) is 4. The first-order valence-electron chi connectivity index (χ1n) is 16.3. The summed E-state index contributed by atoms with van der Waals surface area (Å²) >= 11 is 0. The molecule has 1 aromatic heterocycles. The number of anilines is 1. The number of rotatable bonds is 7. The van der Waals surface area contributed by atoms with E-state index in [1.807, 2.05) is 12.1 Å². The van der Waals surface area contributed by atoms with E-state index < -0.39 is 11.9 Å². The van der Waals surface area contributed by atoms with Gasteiger partial charge in [-0.05, 0) is 86.1 Å². The van der Waals surface area contributed by atoms with E-state index in [1.165, 1.54) is 30.5 Å². The lowest BCUT2D eigenvalue weighted by atomic mass is 9.45. The van der Waals surface area contributed by atoms with Crippen LogP contribution >= 0.6 is 0 Å². The Bertz CT molecular complexity index is 1630. The predicted octanol–water partition coefficient (Wildman–Crippen LogP) is 4.84. The van der Waals surface area contributed by atoms with E-state index >= 15 is 0 Å². The van der Waals surface area contributed by atoms with E-state index in [4.69, 9.17) is 9.73 Å². The number of hydrogen-bond acceptors (Lipinski definition) is 6. The van der Waals surface area contributed by atoms with Crippen LogP contribution in [0, 0.1) is 29.0 Å². The molecule has 1 aliphatic heterocycles. The van der Waals surface area contributed by atoms with Crippen molar-refractivity contribution >= 4 is 22.5 Å². The van der Waals surface area contributed by atoms with E-state index in [0.29, 0.717) is 57.5 Å². The zero-order chi connectivity index (χ0) is 32.0. The van der Waals surface area contributed by atoms with E-state index in [2.05, 4.69) is 55.1 Å². The number of aromatic nitrogens is 2. The molecule has 2 bridgehead atoms. The highest BCUT2D eigenvalue weighted by Crippen LogP contribution is 2.61. The van der Waals surface area contributed by atoms with E-state index in [-0.39, 0.29) is 24.6 Å². The second-order valence-electron chi connectivity index (χ2n) is 14.2. The number of guanidine groups is 1. The zero-order valence-corrected chi connectivity index (χ0v) is 27.3. The lowest BCUT2D eigenvalue weighted by Crippen LogP contribution is -2.59. The van der Waals surface area contributed by atoms with Gasteiger partial charge in [-0.25, -0.2) is 14.4 Å². The predicted molar refractivity (Wildman–Crippen MR) is 176 cm³/mol. The Morgan fingerprint density at radius 1 is 1.18 bits per heavy atom. The van der Waals surface area contributed by atoms with Crippen LogP contribution in [-0.2, 0) is 6.42 Å². The molecule has 45 heavy (non-hydrogen) atoms. The Morgan fingerprint density at radius 3 is 2.58 bits per heavy atom. The molecule has 1 saturated heterocycles. The summed E-state index contributed by atoms with van der Waals surface area (Å²) in [6, 6.07) is 10.4. The van der Waals surface area contributed by atoms with Crippen molar-refractivity contribution in [3.63, 3.8) is 0 Å². The third kappa shape index (κ3) is 6.06. The maximum absolute atomic E-state index is 14.7. The third-order valence-corrected chi connectivity index (χ3v) is 10.8. The Morgan fingerprint density at radius 2 is 1.93 bits per heavy atom. The van der Waals surface area contributed by atoms with Crippen LogP contribution in [0.1, 0.15) is 59.1 Å². The molecule has 0 spiro atoms. The number of methoxy groups -OCH3 is 1. The Kier molecular flexibility index (Phi) is 8.65. The van der Waals surface area contributed by atoms with Crippen LogP contribution in [0.15, 0.2) is 52.5 Å². The van der Waals surface area contributed by atoms with Crippen LogP contribution in [0.5, 0.6) is 5.75 Å². The molecule has 3 N–H and O–H groups in total. The first-order valence-corrected chi connectivity index (χ1v) is 16.3. The number of nitrogens with one attached hydrogen (secondary N) is 2. The second-order valence-corrected chi connectivity index (χ2v) is 14.2. The zero-order valence-electron chi connectivity index (χ0n) is 27.3. The Balaban J connectivity index is 1.27. The van der Waals surface area contributed by atoms with Crippen molar-refractivity contribution in [2.24, 2.45) is 28.2 Å². The molecule has 2 heterocycles. The molecule has 9 nitrogen and oxygen atoms in total. The quantitative estimate of drug-likeness (QED) is 0.257. The molecule has 3 aliphatic carbocycles. The summed E-state index contributed by atoms with van der Waals surface area (Å²) in [5, 5.41) is 17.8. The van der Waals surface area contributed by atoms with E-state index in [9.17, 15) is 14.3 Å². The van der Waals surface area contributed by atoms with Crippen molar-refractivity contribution in [3.05, 3.63) is 64.5 Å². The van der Waals surface area contributed by atoms with Crippen LogP contribution in [0.4, 0.5) is 10.1 Å². The number of hydrogen-bond donors (Lipinski definition) is 3. The fraction of sp³-hybridized carbons (Fsp3) is 0.571. The molecule has 3 saturated carbocycles. The minimum absolute atomic E-state index is 0.138. The summed E-state index contributed by atoms with van der Waals surface area (Å²) in [5.74, 6) is 2.77. The van der Waals surface area contributed by atoms with Gasteiger partial charge in [0.15, 0.2) is 5.96 Å². The summed E-state index contributed by atoms with van der Waals surface area (Å²) < 4.78 is 21.2. The van der Waals surface area contributed by atoms with Gasteiger partial charge in [0.05, 0.1) is 43.0 Å². The van der Waals surface area contributed by atoms with Gasteiger partial charge in [0.1, 0.15) is 11.6 Å². The Labute approximate surface area is 264 Å². The summed E-state index contributed by atoms with van der Waals surface area (Å²) in [4.78, 5) is 25.9. The first-order chi connectivity index (χ1) is 21.5. The van der Waals surface area contributed by atoms with Gasteiger partial charge in [0, 0.05) is 36.9 Å². The van der Waals surface area contributed by atoms with Gasteiger partial charge in [-0.2, -0.15) is 0 Å². The number of benzene rings is 2. The van der Waals surface area contributed by atoms with Crippen molar-refractivity contribution in [1.29, 1.82) is 0 Å². The fourth-order valence-electron chi connectivity index (χ4n) is 8.07. The highest BCUT2D eigenvalue weighted by atomic mass is 19.1. The van der Waals surface area contributed by atoms with Crippen molar-refractivity contribution < 1.29 is 14.2 Å². The van der Waals surface area contributed by atoms with E-state index in [1.54, 1.807) is 18.2 Å². The largest absolute Gasteiger partial charge is 0.497 e. The molecule has 4 fully saturated rings. The van der Waals surface area contributed by atoms with Crippen LogP contribution in [0.2, 0.25) is 0 Å². The third-order valence-electron chi connectivity index (χ3n) is 10.8. The fourth-order valence-corrected chi connectivity index (χ4v) is 8.07. The maximum atomic E-state index is 14.7. The minimum atomic E-state index is -0.667. The monoisotopic (exact) mass is 618 g/mol. The molecule has 4 aliphatic rings. The molecule has 7 atom stereocenters. The van der Waals surface area contributed by atoms with Crippen molar-refractivity contribution in [3.8, 4) is 5.75 Å². The maximum Gasteiger partial charge on any atom is 0.261 e. The van der Waals surface area contributed by atoms with Gasteiger partial charge >= 0.3 is 0 Å². The number of ether oxygens (including phenoxy) is 1. The molecule has 3 aromatic rings. The lowest BCUT2D eigenvalue weighted by Gasteiger charge is -2.61. The SMILES string of the molecule is COc1ccc(C[C@@H](CO)n2cnc3cc(NC(=N[C@H]4C[C@@H]5C[C@@H]([C@H]4C)C5(C)C)N4C[C@H](C)N[C@@H](C)C4)ccc3c2=O)c(F)c1. The van der Waals surface area contributed by atoms with Crippen molar-refractivity contribution in [2.45, 2.75) is 78.0 Å². The van der Waals surface area contributed by atoms with Crippen LogP contribution in [-0.4, -0.2) is 70.4 Å². The van der Waals surface area contributed by atoms with Gasteiger partial charge in [0.2, 0.25) is 0 Å². The summed E-state index contributed by atoms with van der Waals surface area (Å²) in [6.45, 7) is 13.0. The molecule has 7 rings (SSSR count). The average molecular weight is 619 g/mol. The minimum Gasteiger partial charge on any atom is -0.497 e. The standard InChI is InChI=1S/C35H47FN6O3/c1-20-16-41(17-21(2)38-20)34(40-31-13-24-12-29(22(31)3)35(24,4)5)39-25-8-10-28-32(14-25)37-19-42(33(28)44)26(18-43)11-23-7-9-27(45-6)15-30(23)36/h7-10,14-15,19-22,24,26,29,31,38,43H,11-13,16-18H2,1-6H3,(H,39,40)/t20-,21-,22+,24-,26-,29-,31-/m0/s1. The van der Waals surface area contributed by atoms with Gasteiger partial charge in [0.25, 0.3) is 5.56 Å². The summed E-state index contributed by atoms with van der Waals surface area (Å²) in [6.07, 6.45) is 4.01. The van der Waals surface area contributed by atoms with Crippen molar-refractivity contribution in [1.82, 2.24) is 19.8 Å². The number of piperazine rings is 1. The first kappa shape index (κ1) is 31.5. The van der Waals surface area contributed by atoms with Gasteiger partial charge in [-0.1, -0.05) is 26.8 Å². The normalized spacial score (nSPS) is 28.4. The summed E-state index contributed by atoms with van der Waals surface area (Å²) in [5.41, 5.74) is 1.86. The van der Waals surface area contributed by atoms with Gasteiger partial charge < -0.3 is 25.4 Å². The summed E-state index contributed by atoms with van der Waals surface area (Å²) in [7, 11) is 1.48. The molecule has 0 radical (unpaired) electrons. The molecule has 2 aromatic carbocycles. The van der Waals surface area contributed by atoms with Crippen LogP contribution in [0.3, 0.4) is 0 Å². The lowest BCUT2D eigenvalue weighted by molar-refractivity contribution is -0.108. The Hall–Kier alpha value is -3.50. The second kappa shape index (κ2) is 12.4. The molecule has 242 valence electrons. The van der Waals surface area contributed by atoms with Crippen molar-refractivity contribution in [2.75, 3.05) is 32.1 Å². The number of aliphatic imine (C=N–C) groups is 1. The van der Waals surface area contributed by atoms with Gasteiger partial charge in [-0.15, -0.1) is 0 Å².